The number of nitrogens with one attached hydrogen (secondary N) is 2. The average molecular weight is 331 g/mol. The molecule has 3 rings (SSSR count). The van der Waals surface area contributed by atoms with Gasteiger partial charge in [0.1, 0.15) is 23.2 Å². The Kier molecular flexibility index (Phi) is 4.77. The fourth-order valence-corrected chi connectivity index (χ4v) is 2.33. The van der Waals surface area contributed by atoms with Gasteiger partial charge in [0.2, 0.25) is 0 Å². The Morgan fingerprint density at radius 3 is 2.24 bits per heavy atom. The zero-order valence-corrected chi connectivity index (χ0v) is 13.9. The van der Waals surface area contributed by atoms with Gasteiger partial charge in [-0.05, 0) is 49.4 Å². The molecule has 0 atom stereocenters. The van der Waals surface area contributed by atoms with E-state index in [1.807, 2.05) is 49.4 Å². The fourth-order valence-electron chi connectivity index (χ4n) is 2.33. The van der Waals surface area contributed by atoms with Crippen LogP contribution >= 0.6 is 0 Å². The normalized spacial score (nSPS) is 9.96. The first-order valence-electron chi connectivity index (χ1n) is 7.70. The van der Waals surface area contributed by atoms with Gasteiger partial charge in [-0.3, -0.25) is 0 Å². The molecule has 124 valence electrons. The van der Waals surface area contributed by atoms with Crippen LogP contribution in [0.15, 0.2) is 54.6 Å². The van der Waals surface area contributed by atoms with Crippen LogP contribution in [-0.2, 0) is 0 Å². The molecule has 0 amide bonds. The van der Waals surface area contributed by atoms with Crippen molar-refractivity contribution >= 4 is 23.0 Å². The summed E-state index contributed by atoms with van der Waals surface area (Å²) in [6.07, 6.45) is 0. The molecule has 1 aromatic heterocycles. The lowest BCUT2D eigenvalue weighted by molar-refractivity contribution is 0.415. The molecule has 0 saturated heterocycles. The van der Waals surface area contributed by atoms with Crippen molar-refractivity contribution in [2.45, 2.75) is 6.92 Å². The zero-order chi connectivity index (χ0) is 17.6. The Bertz CT molecular complexity index is 916. The molecule has 6 heteroatoms. The van der Waals surface area contributed by atoms with Crippen molar-refractivity contribution < 1.29 is 4.74 Å². The summed E-state index contributed by atoms with van der Waals surface area (Å²) in [5, 5.41) is 15.4. The third kappa shape index (κ3) is 4.24. The van der Waals surface area contributed by atoms with Crippen LogP contribution in [0.1, 0.15) is 11.4 Å². The third-order valence-electron chi connectivity index (χ3n) is 3.46. The molecule has 0 spiro atoms. The molecular weight excluding hydrogens is 314 g/mol. The Morgan fingerprint density at radius 2 is 1.60 bits per heavy atom. The van der Waals surface area contributed by atoms with Gasteiger partial charge >= 0.3 is 0 Å². The summed E-state index contributed by atoms with van der Waals surface area (Å²) in [6.45, 7) is 1.83. The molecule has 2 N–H and O–H groups in total. The highest BCUT2D eigenvalue weighted by Gasteiger charge is 2.04. The number of nitrogens with zero attached hydrogens (tertiary/aromatic N) is 3. The summed E-state index contributed by atoms with van der Waals surface area (Å²) in [4.78, 5) is 8.79. The second-order valence-corrected chi connectivity index (χ2v) is 5.36. The maximum Gasteiger partial charge on any atom is 0.136 e. The molecule has 0 aliphatic carbocycles. The predicted molar refractivity (Wildman–Crippen MR) is 97.5 cm³/mol. The lowest BCUT2D eigenvalue weighted by Crippen LogP contribution is -2.01. The van der Waals surface area contributed by atoms with Crippen molar-refractivity contribution in [2.75, 3.05) is 17.7 Å². The SMILES string of the molecule is COc1ccc(Nc2cc(Nc3cccc(C#N)c3)nc(C)n2)cc1. The van der Waals surface area contributed by atoms with E-state index in [2.05, 4.69) is 26.7 Å². The van der Waals surface area contributed by atoms with Gasteiger partial charge in [-0.2, -0.15) is 5.26 Å². The minimum absolute atomic E-state index is 0.590. The molecule has 0 aliphatic rings. The molecule has 0 aliphatic heterocycles. The highest BCUT2D eigenvalue weighted by atomic mass is 16.5. The monoisotopic (exact) mass is 331 g/mol. The Labute approximate surface area is 146 Å². The van der Waals surface area contributed by atoms with Crippen molar-refractivity contribution in [3.63, 3.8) is 0 Å². The van der Waals surface area contributed by atoms with Crippen LogP contribution in [0.5, 0.6) is 5.75 Å². The van der Waals surface area contributed by atoms with E-state index in [-0.39, 0.29) is 0 Å². The van der Waals surface area contributed by atoms with Crippen molar-refractivity contribution in [1.82, 2.24) is 9.97 Å². The van der Waals surface area contributed by atoms with Crippen molar-refractivity contribution in [2.24, 2.45) is 0 Å². The van der Waals surface area contributed by atoms with E-state index in [0.717, 1.165) is 17.1 Å². The second-order valence-electron chi connectivity index (χ2n) is 5.36. The van der Waals surface area contributed by atoms with Crippen LogP contribution in [0.4, 0.5) is 23.0 Å². The van der Waals surface area contributed by atoms with Crippen LogP contribution < -0.4 is 15.4 Å². The molecule has 25 heavy (non-hydrogen) atoms. The number of aromatic nitrogens is 2. The fraction of sp³-hybridized carbons (Fsp3) is 0.105. The van der Waals surface area contributed by atoms with Gasteiger partial charge in [0, 0.05) is 17.4 Å². The number of hydrogen-bond donors (Lipinski definition) is 2. The summed E-state index contributed by atoms with van der Waals surface area (Å²) in [5.41, 5.74) is 2.29. The number of rotatable bonds is 5. The lowest BCUT2D eigenvalue weighted by Gasteiger charge is -2.11. The van der Waals surface area contributed by atoms with Crippen molar-refractivity contribution in [3.05, 3.63) is 66.0 Å². The molecule has 0 bridgehead atoms. The maximum atomic E-state index is 9.00. The van der Waals surface area contributed by atoms with Gasteiger partial charge in [0.05, 0.1) is 18.7 Å². The smallest absolute Gasteiger partial charge is 0.136 e. The first-order chi connectivity index (χ1) is 12.2. The van der Waals surface area contributed by atoms with Crippen LogP contribution in [-0.4, -0.2) is 17.1 Å². The van der Waals surface area contributed by atoms with E-state index in [4.69, 9.17) is 10.00 Å². The summed E-state index contributed by atoms with van der Waals surface area (Å²) in [7, 11) is 1.63. The van der Waals surface area contributed by atoms with E-state index in [1.165, 1.54) is 0 Å². The molecule has 2 aromatic carbocycles. The maximum absolute atomic E-state index is 9.00. The minimum Gasteiger partial charge on any atom is -0.497 e. The molecule has 0 radical (unpaired) electrons. The van der Waals surface area contributed by atoms with Crippen molar-refractivity contribution in [1.29, 1.82) is 5.26 Å². The molecule has 1 heterocycles. The van der Waals surface area contributed by atoms with E-state index in [1.54, 1.807) is 19.2 Å². The van der Waals surface area contributed by atoms with Crippen LogP contribution in [0.2, 0.25) is 0 Å². The molecule has 0 unspecified atom stereocenters. The summed E-state index contributed by atoms with van der Waals surface area (Å²) in [5.74, 6) is 2.76. The number of anilines is 4. The largest absolute Gasteiger partial charge is 0.497 e. The minimum atomic E-state index is 0.590. The summed E-state index contributed by atoms with van der Waals surface area (Å²) in [6, 6.07) is 18.8. The second kappa shape index (κ2) is 7.32. The van der Waals surface area contributed by atoms with Gasteiger partial charge in [-0.25, -0.2) is 9.97 Å². The standard InChI is InChI=1S/C19H17N5O/c1-13-21-18(23-15-6-8-17(25-2)9-7-15)11-19(22-13)24-16-5-3-4-14(10-16)12-20/h3-11H,1-2H3,(H2,21,22,23,24). The topological polar surface area (TPSA) is 82.9 Å². The summed E-state index contributed by atoms with van der Waals surface area (Å²) >= 11 is 0. The van der Waals surface area contributed by atoms with Gasteiger partial charge in [0.15, 0.2) is 0 Å². The molecule has 0 saturated carbocycles. The first kappa shape index (κ1) is 16.3. The van der Waals surface area contributed by atoms with Gasteiger partial charge in [0.25, 0.3) is 0 Å². The quantitative estimate of drug-likeness (QED) is 0.730. The number of methoxy groups -OCH3 is 1. The van der Waals surface area contributed by atoms with Gasteiger partial charge in [-0.15, -0.1) is 0 Å². The Balaban J connectivity index is 1.80. The average Bonchev–Trinajstić information content (AvgIpc) is 2.62. The molecule has 6 nitrogen and oxygen atoms in total. The number of nitriles is 1. The van der Waals surface area contributed by atoms with Gasteiger partial charge < -0.3 is 15.4 Å². The van der Waals surface area contributed by atoms with E-state index in [0.29, 0.717) is 23.0 Å². The Morgan fingerprint density at radius 1 is 0.920 bits per heavy atom. The van der Waals surface area contributed by atoms with Crippen LogP contribution in [0, 0.1) is 18.3 Å². The third-order valence-corrected chi connectivity index (χ3v) is 3.46. The van der Waals surface area contributed by atoms with Crippen LogP contribution in [0.25, 0.3) is 0 Å². The number of benzene rings is 2. The highest BCUT2D eigenvalue weighted by molar-refractivity contribution is 5.64. The van der Waals surface area contributed by atoms with Gasteiger partial charge in [-0.1, -0.05) is 6.07 Å². The Hall–Kier alpha value is -3.59. The predicted octanol–water partition coefficient (Wildman–Crippen LogP) is 4.15. The van der Waals surface area contributed by atoms with Crippen molar-refractivity contribution in [3.8, 4) is 11.8 Å². The van der Waals surface area contributed by atoms with E-state index < -0.39 is 0 Å². The molecule has 0 fully saturated rings. The van der Waals surface area contributed by atoms with E-state index >= 15 is 0 Å². The number of hydrogen-bond acceptors (Lipinski definition) is 6. The van der Waals surface area contributed by atoms with E-state index in [9.17, 15) is 0 Å². The highest BCUT2D eigenvalue weighted by Crippen LogP contribution is 2.22. The first-order valence-corrected chi connectivity index (χ1v) is 7.70. The number of ether oxygens (including phenoxy) is 1. The zero-order valence-electron chi connectivity index (χ0n) is 13.9. The molecular formula is C19H17N5O. The lowest BCUT2D eigenvalue weighted by atomic mass is 10.2. The number of aryl methyl sites for hydroxylation is 1. The summed E-state index contributed by atoms with van der Waals surface area (Å²) < 4.78 is 5.16. The van der Waals surface area contributed by atoms with Crippen LogP contribution in [0.3, 0.4) is 0 Å². The molecule has 3 aromatic rings.